The molecule has 0 bridgehead atoms. The Kier molecular flexibility index (Phi) is 3.42. The van der Waals surface area contributed by atoms with Crippen molar-refractivity contribution >= 4 is 5.69 Å². The second-order valence-corrected chi connectivity index (χ2v) is 6.59. The molecule has 0 spiro atoms. The van der Waals surface area contributed by atoms with Gasteiger partial charge in [0.05, 0.1) is 0 Å². The summed E-state index contributed by atoms with van der Waals surface area (Å²) in [5.74, 6) is 0.881. The molecule has 21 heavy (non-hydrogen) atoms. The predicted molar refractivity (Wildman–Crippen MR) is 89.6 cm³/mol. The minimum absolute atomic E-state index is 0.673. The number of hydrogen-bond acceptors (Lipinski definition) is 1. The molecule has 0 saturated heterocycles. The van der Waals surface area contributed by atoms with Crippen LogP contribution in [0.15, 0.2) is 48.5 Å². The molecule has 1 N–H and O–H groups in total. The topological polar surface area (TPSA) is 12.0 Å². The highest BCUT2D eigenvalue weighted by Crippen LogP contribution is 2.37. The van der Waals surface area contributed by atoms with Crippen molar-refractivity contribution in [2.45, 2.75) is 44.6 Å². The molecule has 1 unspecified atom stereocenters. The van der Waals surface area contributed by atoms with Gasteiger partial charge in [0.1, 0.15) is 0 Å². The average Bonchev–Trinajstić information content (AvgIpc) is 2.99. The minimum atomic E-state index is 0.673. The van der Waals surface area contributed by atoms with Crippen molar-refractivity contribution in [1.29, 1.82) is 0 Å². The monoisotopic (exact) mass is 277 g/mol. The largest absolute Gasteiger partial charge is 0.381 e. The summed E-state index contributed by atoms with van der Waals surface area (Å²) < 4.78 is 0. The maximum Gasteiger partial charge on any atom is 0.0376 e. The van der Waals surface area contributed by atoms with Crippen LogP contribution in [0.1, 0.15) is 37.7 Å². The number of anilines is 1. The van der Waals surface area contributed by atoms with E-state index in [2.05, 4.69) is 53.8 Å². The molecule has 1 heteroatoms. The standard InChI is InChI=1S/C20H23N/c1-3-7-15(8-4-1)17-11-12-19-18(13-17)14-20(21-19)16-9-5-2-6-10-16/h1,3-4,7-8,11-13,16,20-21H,2,5-6,9-10,14H2. The quantitative estimate of drug-likeness (QED) is 0.788. The first-order chi connectivity index (χ1) is 10.4. The summed E-state index contributed by atoms with van der Waals surface area (Å²) in [6.45, 7) is 0. The number of hydrogen-bond donors (Lipinski definition) is 1. The van der Waals surface area contributed by atoms with E-state index in [1.165, 1.54) is 60.9 Å². The highest BCUT2D eigenvalue weighted by Gasteiger charge is 2.29. The van der Waals surface area contributed by atoms with Crippen molar-refractivity contribution in [2.24, 2.45) is 5.92 Å². The maximum absolute atomic E-state index is 3.78. The lowest BCUT2D eigenvalue weighted by atomic mass is 9.83. The third-order valence-electron chi connectivity index (χ3n) is 5.21. The van der Waals surface area contributed by atoms with Crippen LogP contribution < -0.4 is 5.32 Å². The van der Waals surface area contributed by atoms with Crippen LogP contribution in [-0.2, 0) is 6.42 Å². The SMILES string of the molecule is c1ccc(-c2ccc3c(c2)CC(C2CCCCC2)N3)cc1. The van der Waals surface area contributed by atoms with Gasteiger partial charge in [0.25, 0.3) is 0 Å². The Morgan fingerprint density at radius 1 is 0.810 bits per heavy atom. The summed E-state index contributed by atoms with van der Waals surface area (Å²) in [6, 6.07) is 18.3. The lowest BCUT2D eigenvalue weighted by molar-refractivity contribution is 0.321. The van der Waals surface area contributed by atoms with Crippen LogP contribution in [0.4, 0.5) is 5.69 Å². The van der Waals surface area contributed by atoms with E-state index < -0.39 is 0 Å². The molecule has 108 valence electrons. The number of benzene rings is 2. The summed E-state index contributed by atoms with van der Waals surface area (Å²) in [6.07, 6.45) is 8.33. The van der Waals surface area contributed by atoms with Crippen LogP contribution >= 0.6 is 0 Å². The van der Waals surface area contributed by atoms with Crippen LogP contribution in [0.2, 0.25) is 0 Å². The van der Waals surface area contributed by atoms with E-state index >= 15 is 0 Å². The van der Waals surface area contributed by atoms with Crippen molar-refractivity contribution in [2.75, 3.05) is 5.32 Å². The molecule has 1 fully saturated rings. The van der Waals surface area contributed by atoms with Gasteiger partial charge >= 0.3 is 0 Å². The van der Waals surface area contributed by atoms with Crippen molar-refractivity contribution in [3.63, 3.8) is 0 Å². The molecule has 1 saturated carbocycles. The zero-order valence-electron chi connectivity index (χ0n) is 12.5. The number of rotatable bonds is 2. The zero-order valence-corrected chi connectivity index (χ0v) is 12.5. The van der Waals surface area contributed by atoms with Gasteiger partial charge in [0, 0.05) is 11.7 Å². The van der Waals surface area contributed by atoms with Crippen molar-refractivity contribution in [3.8, 4) is 11.1 Å². The van der Waals surface area contributed by atoms with Gasteiger partial charge in [0.15, 0.2) is 0 Å². The number of nitrogens with one attached hydrogen (secondary N) is 1. The van der Waals surface area contributed by atoms with Gasteiger partial charge in [-0.15, -0.1) is 0 Å². The smallest absolute Gasteiger partial charge is 0.0376 e. The van der Waals surface area contributed by atoms with Gasteiger partial charge in [-0.05, 0) is 54.0 Å². The van der Waals surface area contributed by atoms with Gasteiger partial charge in [-0.2, -0.15) is 0 Å². The molecular weight excluding hydrogens is 254 g/mol. The molecule has 0 aromatic heterocycles. The van der Waals surface area contributed by atoms with E-state index in [1.807, 2.05) is 0 Å². The van der Waals surface area contributed by atoms with Crippen molar-refractivity contribution in [1.82, 2.24) is 0 Å². The van der Waals surface area contributed by atoms with E-state index in [0.29, 0.717) is 6.04 Å². The van der Waals surface area contributed by atoms with Gasteiger partial charge < -0.3 is 5.32 Å². The van der Waals surface area contributed by atoms with E-state index in [-0.39, 0.29) is 0 Å². The molecular formula is C20H23N. The van der Waals surface area contributed by atoms with E-state index in [0.717, 1.165) is 5.92 Å². The summed E-state index contributed by atoms with van der Waals surface area (Å²) in [5, 5.41) is 3.78. The summed E-state index contributed by atoms with van der Waals surface area (Å²) in [4.78, 5) is 0. The lowest BCUT2D eigenvalue weighted by Crippen LogP contribution is -2.28. The third-order valence-corrected chi connectivity index (χ3v) is 5.21. The average molecular weight is 277 g/mol. The van der Waals surface area contributed by atoms with Gasteiger partial charge in [-0.25, -0.2) is 0 Å². The molecule has 2 aliphatic rings. The minimum Gasteiger partial charge on any atom is -0.381 e. The normalized spacial score (nSPS) is 21.8. The summed E-state index contributed by atoms with van der Waals surface area (Å²) in [5.41, 5.74) is 5.54. The molecule has 4 rings (SSSR count). The first-order valence-electron chi connectivity index (χ1n) is 8.35. The highest BCUT2D eigenvalue weighted by molar-refractivity contribution is 5.70. The molecule has 2 aromatic carbocycles. The van der Waals surface area contributed by atoms with Crippen LogP contribution in [0, 0.1) is 5.92 Å². The molecule has 1 atom stereocenters. The molecule has 1 aliphatic carbocycles. The van der Waals surface area contributed by atoms with E-state index in [4.69, 9.17) is 0 Å². The molecule has 0 radical (unpaired) electrons. The summed E-state index contributed by atoms with van der Waals surface area (Å²) >= 11 is 0. The third kappa shape index (κ3) is 2.57. The lowest BCUT2D eigenvalue weighted by Gasteiger charge is -2.27. The fraction of sp³-hybridized carbons (Fsp3) is 0.400. The Bertz CT molecular complexity index is 611. The van der Waals surface area contributed by atoms with Gasteiger partial charge in [-0.1, -0.05) is 55.7 Å². The first kappa shape index (κ1) is 12.9. The van der Waals surface area contributed by atoms with E-state index in [9.17, 15) is 0 Å². The fourth-order valence-corrected chi connectivity index (χ4v) is 4.02. The van der Waals surface area contributed by atoms with Crippen molar-refractivity contribution in [3.05, 3.63) is 54.1 Å². The van der Waals surface area contributed by atoms with Crippen LogP contribution in [0.25, 0.3) is 11.1 Å². The van der Waals surface area contributed by atoms with Crippen LogP contribution in [0.5, 0.6) is 0 Å². The number of fused-ring (bicyclic) bond motifs is 1. The molecule has 1 aliphatic heterocycles. The first-order valence-corrected chi connectivity index (χ1v) is 8.35. The molecule has 1 heterocycles. The van der Waals surface area contributed by atoms with Crippen molar-refractivity contribution < 1.29 is 0 Å². The van der Waals surface area contributed by atoms with E-state index in [1.54, 1.807) is 0 Å². The Morgan fingerprint density at radius 3 is 2.43 bits per heavy atom. The Morgan fingerprint density at radius 2 is 1.62 bits per heavy atom. The molecule has 2 aromatic rings. The second kappa shape index (κ2) is 5.55. The highest BCUT2D eigenvalue weighted by atomic mass is 15.0. The molecule has 1 nitrogen and oxygen atoms in total. The van der Waals surface area contributed by atoms with Gasteiger partial charge in [-0.3, -0.25) is 0 Å². The zero-order chi connectivity index (χ0) is 14.1. The van der Waals surface area contributed by atoms with Crippen LogP contribution in [0.3, 0.4) is 0 Å². The maximum atomic E-state index is 3.78. The summed E-state index contributed by atoms with van der Waals surface area (Å²) in [7, 11) is 0. The Balaban J connectivity index is 1.56. The predicted octanol–water partition coefficient (Wildman–Crippen LogP) is 5.27. The molecule has 0 amide bonds. The fourth-order valence-electron chi connectivity index (χ4n) is 4.02. The Labute approximate surface area is 127 Å². The van der Waals surface area contributed by atoms with Crippen LogP contribution in [-0.4, -0.2) is 6.04 Å². The van der Waals surface area contributed by atoms with Gasteiger partial charge in [0.2, 0.25) is 0 Å². The second-order valence-electron chi connectivity index (χ2n) is 6.59. The Hall–Kier alpha value is -1.76.